The van der Waals surface area contributed by atoms with Crippen LogP contribution >= 0.6 is 0 Å². The number of hydrogen-bond acceptors (Lipinski definition) is 13. The number of phenols is 1. The van der Waals surface area contributed by atoms with Gasteiger partial charge in [0.25, 0.3) is 5.91 Å². The summed E-state index contributed by atoms with van der Waals surface area (Å²) in [6.45, 7) is 11.8. The van der Waals surface area contributed by atoms with Gasteiger partial charge in [-0.2, -0.15) is 9.97 Å². The first-order valence-corrected chi connectivity index (χ1v) is 27.2. The third kappa shape index (κ3) is 8.74. The number of nitrogens with one attached hydrogen (secondary N) is 2. The molecule has 2 bridgehead atoms. The van der Waals surface area contributed by atoms with Crippen LogP contribution < -0.4 is 25.2 Å². The molecule has 382 valence electrons. The summed E-state index contributed by atoms with van der Waals surface area (Å²) in [6, 6.07) is 16.4. The van der Waals surface area contributed by atoms with Crippen LogP contribution in [0.15, 0.2) is 54.7 Å². The van der Waals surface area contributed by atoms with E-state index in [1.807, 2.05) is 24.3 Å². The molecule has 2 aliphatic carbocycles. The Balaban J connectivity index is 0.629. The lowest BCUT2D eigenvalue weighted by Gasteiger charge is -2.49. The van der Waals surface area contributed by atoms with Crippen LogP contribution in [0.4, 0.5) is 15.9 Å². The van der Waals surface area contributed by atoms with Gasteiger partial charge in [-0.05, 0) is 135 Å². The summed E-state index contributed by atoms with van der Waals surface area (Å²) in [4.78, 5) is 64.0. The van der Waals surface area contributed by atoms with Crippen LogP contribution in [0.5, 0.6) is 11.8 Å². The second-order valence-electron chi connectivity index (χ2n) is 23.0. The molecule has 3 amide bonds. The molecule has 2 saturated carbocycles. The number of rotatable bonds is 11. The first kappa shape index (κ1) is 46.8. The Bertz CT molecular complexity index is 3000. The molecule has 73 heavy (non-hydrogen) atoms. The molecule has 6 aliphatic heterocycles. The Morgan fingerprint density at radius 1 is 0.836 bits per heavy atom. The van der Waals surface area contributed by atoms with Crippen molar-refractivity contribution in [1.82, 2.24) is 40.3 Å². The molecule has 0 radical (unpaired) electrons. The molecule has 13 rings (SSSR count). The summed E-state index contributed by atoms with van der Waals surface area (Å²) in [6.07, 6.45) is 14.9. The number of imide groups is 1. The number of hydrogen-bond donors (Lipinski definition) is 3. The van der Waals surface area contributed by atoms with Gasteiger partial charge >= 0.3 is 6.01 Å². The summed E-state index contributed by atoms with van der Waals surface area (Å²) in [7, 11) is 0. The number of carbonyl (C=O) groups excluding carboxylic acids is 3. The number of benzene rings is 3. The average molecular weight is 991 g/mol. The van der Waals surface area contributed by atoms with E-state index in [1.54, 1.807) is 23.2 Å². The number of phenolic OH excluding ortho intramolecular Hbond substituents is 1. The van der Waals surface area contributed by atoms with Gasteiger partial charge in [-0.15, -0.1) is 0 Å². The lowest BCUT2D eigenvalue weighted by atomic mass is 9.66. The fourth-order valence-corrected chi connectivity index (χ4v) is 14.0. The number of ether oxygens (including phenoxy) is 1. The van der Waals surface area contributed by atoms with Crippen LogP contribution in [-0.2, 0) is 22.6 Å². The zero-order valence-corrected chi connectivity index (χ0v) is 42.0. The Morgan fingerprint density at radius 2 is 1.62 bits per heavy atom. The van der Waals surface area contributed by atoms with Gasteiger partial charge in [0, 0.05) is 118 Å². The van der Waals surface area contributed by atoms with Crippen LogP contribution in [0, 0.1) is 16.6 Å². The Morgan fingerprint density at radius 3 is 2.36 bits per heavy atom. The highest BCUT2D eigenvalue weighted by Crippen LogP contribution is 2.49. The maximum atomic E-state index is 17.2. The van der Waals surface area contributed by atoms with E-state index in [4.69, 9.17) is 19.7 Å². The molecule has 8 heterocycles. The quantitative estimate of drug-likeness (QED) is 0.117. The van der Waals surface area contributed by atoms with Gasteiger partial charge in [0.2, 0.25) is 11.8 Å². The molecule has 2 aromatic heterocycles. The smallest absolute Gasteiger partial charge is 0.319 e. The van der Waals surface area contributed by atoms with Crippen molar-refractivity contribution in [3.8, 4) is 23.0 Å². The van der Waals surface area contributed by atoms with E-state index >= 15 is 4.39 Å². The number of pyridine rings is 1. The minimum absolute atomic E-state index is 0.0211. The third-order valence-electron chi connectivity index (χ3n) is 18.5. The van der Waals surface area contributed by atoms with Crippen molar-refractivity contribution in [3.05, 3.63) is 77.2 Å². The number of aromatic hydroxyl groups is 1. The summed E-state index contributed by atoms with van der Waals surface area (Å²) < 4.78 is 23.8. The van der Waals surface area contributed by atoms with Gasteiger partial charge in [-0.25, -0.2) is 4.39 Å². The van der Waals surface area contributed by atoms with E-state index in [2.05, 4.69) is 49.3 Å². The predicted octanol–water partition coefficient (Wildman–Crippen LogP) is 6.96. The van der Waals surface area contributed by atoms with Gasteiger partial charge < -0.3 is 34.8 Å². The van der Waals surface area contributed by atoms with E-state index in [0.717, 1.165) is 119 Å². The second kappa shape index (κ2) is 18.4. The fourth-order valence-electron chi connectivity index (χ4n) is 14.0. The molecule has 15 nitrogen and oxygen atoms in total. The highest BCUT2D eigenvalue weighted by atomic mass is 19.1. The van der Waals surface area contributed by atoms with Crippen LogP contribution in [-0.4, -0.2) is 142 Å². The Hall–Kier alpha value is -5.97. The van der Waals surface area contributed by atoms with Crippen molar-refractivity contribution in [2.75, 3.05) is 75.3 Å². The fraction of sp³-hybridized carbons (Fsp3) is 0.544. The molecule has 3 unspecified atom stereocenters. The van der Waals surface area contributed by atoms with E-state index in [9.17, 15) is 19.5 Å². The highest BCUT2D eigenvalue weighted by Gasteiger charge is 2.47. The van der Waals surface area contributed by atoms with E-state index < -0.39 is 11.9 Å². The zero-order valence-electron chi connectivity index (χ0n) is 42.0. The van der Waals surface area contributed by atoms with E-state index in [-0.39, 0.29) is 52.5 Å². The SMILES string of the molecule is CCc1cccc2cc(O)cc(-c3ncc4c(N5CC6CCC(C5)N6)nc(OCC5(CN6CCN(C7CCC8(CC7)CCN(c7ccc9c(c7)CN(C7CCC(=O)NC7=O)C9=O)CC8)CC6)CC5)nc4c3F)c12. The number of halogens is 1. The number of anilines is 2. The number of piperidine rings is 2. The number of aryl methyl sites for hydroxylation is 1. The highest BCUT2D eigenvalue weighted by molar-refractivity contribution is 6.06. The molecule has 7 fully saturated rings. The number of nitrogens with zero attached hydrogens (tertiary/aromatic N) is 8. The van der Waals surface area contributed by atoms with Crippen LogP contribution in [0.3, 0.4) is 0 Å². The standard InChI is InChI=1S/C57H67FN10O5/c1-2-35-4-3-5-36-27-42(69)28-44(48(35)36)50-49(58)51-45(29-59-50)52(67-31-38-6-7-39(32-67)60-38)63-55(62-51)73-34-57(16-17-57)33-64-22-24-66(25-23-64)40-12-14-56(15-13-40)18-20-65(21-19-56)41-8-9-43-37(26-41)30-68(54(43)72)46-10-11-47(70)61-53(46)71/h3-5,8-9,26-29,38-40,46,60,69H,2,6-7,10-25,30-34H2,1H3,(H,61,70,71). The van der Waals surface area contributed by atoms with Gasteiger partial charge in [0.05, 0.1) is 12.0 Å². The van der Waals surface area contributed by atoms with Crippen molar-refractivity contribution >= 4 is 50.9 Å². The summed E-state index contributed by atoms with van der Waals surface area (Å²) in [5.74, 6) is -0.565. The van der Waals surface area contributed by atoms with Crippen LogP contribution in [0.25, 0.3) is 32.9 Å². The minimum Gasteiger partial charge on any atom is -0.508 e. The van der Waals surface area contributed by atoms with Crippen molar-refractivity contribution in [2.24, 2.45) is 10.8 Å². The van der Waals surface area contributed by atoms with Gasteiger partial charge in [-0.3, -0.25) is 29.6 Å². The number of aromatic nitrogens is 3. The molecule has 3 N–H and O–H groups in total. The average Bonchev–Trinajstić information content (AvgIpc) is 3.98. The molecule has 5 saturated heterocycles. The van der Waals surface area contributed by atoms with Gasteiger partial charge in [-0.1, -0.05) is 25.1 Å². The van der Waals surface area contributed by atoms with Gasteiger partial charge in [0.1, 0.15) is 28.8 Å². The largest absolute Gasteiger partial charge is 0.508 e. The van der Waals surface area contributed by atoms with E-state index in [1.165, 1.54) is 38.5 Å². The van der Waals surface area contributed by atoms with Crippen molar-refractivity contribution in [1.29, 1.82) is 0 Å². The summed E-state index contributed by atoms with van der Waals surface area (Å²) in [5.41, 5.74) is 5.16. The van der Waals surface area contributed by atoms with Crippen molar-refractivity contribution < 1.29 is 28.6 Å². The lowest BCUT2D eigenvalue weighted by Crippen LogP contribution is -2.53. The van der Waals surface area contributed by atoms with E-state index in [0.29, 0.717) is 65.4 Å². The molecular formula is C57H67FN10O5. The normalized spacial score (nSPS) is 25.3. The Labute approximate surface area is 425 Å². The van der Waals surface area contributed by atoms with Crippen LogP contribution in [0.1, 0.15) is 105 Å². The Kier molecular flexibility index (Phi) is 11.8. The second-order valence-corrected chi connectivity index (χ2v) is 23.0. The molecular weight excluding hydrogens is 924 g/mol. The third-order valence-corrected chi connectivity index (χ3v) is 18.5. The monoisotopic (exact) mass is 991 g/mol. The number of amides is 3. The summed E-state index contributed by atoms with van der Waals surface area (Å²) in [5, 5.41) is 19.2. The summed E-state index contributed by atoms with van der Waals surface area (Å²) >= 11 is 0. The predicted molar refractivity (Wildman–Crippen MR) is 277 cm³/mol. The van der Waals surface area contributed by atoms with Crippen molar-refractivity contribution in [2.45, 2.75) is 121 Å². The maximum Gasteiger partial charge on any atom is 0.319 e. The first-order valence-electron chi connectivity index (χ1n) is 27.2. The minimum atomic E-state index is -0.596. The first-order chi connectivity index (χ1) is 35.5. The maximum absolute atomic E-state index is 17.2. The molecule has 3 atom stereocenters. The topological polar surface area (TPSA) is 160 Å². The molecule has 8 aliphatic rings. The number of piperazine rings is 2. The van der Waals surface area contributed by atoms with Crippen LogP contribution in [0.2, 0.25) is 0 Å². The molecule has 16 heteroatoms. The molecule has 1 spiro atoms. The zero-order chi connectivity index (χ0) is 49.6. The lowest BCUT2D eigenvalue weighted by molar-refractivity contribution is -0.136. The van der Waals surface area contributed by atoms with Crippen molar-refractivity contribution in [3.63, 3.8) is 0 Å². The number of fused-ring (bicyclic) bond motifs is 5. The molecule has 5 aromatic rings. The van der Waals surface area contributed by atoms with Gasteiger partial charge in [0.15, 0.2) is 5.82 Å². The number of carbonyl (C=O) groups is 3. The molecule has 3 aromatic carbocycles.